The van der Waals surface area contributed by atoms with Crippen molar-refractivity contribution in [1.82, 2.24) is 5.01 Å². The standard InChI is InChI=1S/C10H7N3O4S2/c14-8-6-19-10(18)12(8)11-5-1-2-7-3-4-9(17-7)13(15)16/h1-5H,6H2/b2-1+,11-5+. The van der Waals surface area contributed by atoms with Crippen LogP contribution in [0.5, 0.6) is 0 Å². The molecule has 0 N–H and O–H groups in total. The molecule has 1 amide bonds. The van der Waals surface area contributed by atoms with Gasteiger partial charge >= 0.3 is 5.88 Å². The van der Waals surface area contributed by atoms with Crippen LogP contribution in [-0.4, -0.2) is 32.1 Å². The third kappa shape index (κ3) is 3.26. The van der Waals surface area contributed by atoms with E-state index in [1.807, 2.05) is 0 Å². The number of nitro groups is 1. The maximum absolute atomic E-state index is 11.3. The smallest absolute Gasteiger partial charge is 0.401 e. The lowest BCUT2D eigenvalue weighted by molar-refractivity contribution is -0.402. The fourth-order valence-corrected chi connectivity index (χ4v) is 2.20. The molecule has 0 aliphatic carbocycles. The number of thiocarbonyl (C=S) groups is 1. The van der Waals surface area contributed by atoms with Gasteiger partial charge in [-0.15, -0.1) is 0 Å². The molecule has 0 unspecified atom stereocenters. The first-order valence-electron chi connectivity index (χ1n) is 5.02. The van der Waals surface area contributed by atoms with E-state index in [1.165, 1.54) is 42.3 Å². The van der Waals surface area contributed by atoms with Crippen molar-refractivity contribution in [3.63, 3.8) is 0 Å². The molecule has 7 nitrogen and oxygen atoms in total. The molecule has 98 valence electrons. The van der Waals surface area contributed by atoms with Crippen molar-refractivity contribution in [3.8, 4) is 0 Å². The highest BCUT2D eigenvalue weighted by Gasteiger charge is 2.25. The number of carbonyl (C=O) groups is 1. The Morgan fingerprint density at radius 2 is 2.37 bits per heavy atom. The Labute approximate surface area is 117 Å². The van der Waals surface area contributed by atoms with E-state index in [2.05, 4.69) is 5.10 Å². The molecule has 19 heavy (non-hydrogen) atoms. The van der Waals surface area contributed by atoms with E-state index in [1.54, 1.807) is 0 Å². The summed E-state index contributed by atoms with van der Waals surface area (Å²) in [7, 11) is 0. The number of carbonyl (C=O) groups excluding carboxylic acids is 1. The van der Waals surface area contributed by atoms with Gasteiger partial charge in [0.05, 0.1) is 11.8 Å². The van der Waals surface area contributed by atoms with Gasteiger partial charge in [-0.3, -0.25) is 14.9 Å². The van der Waals surface area contributed by atoms with Crippen LogP contribution >= 0.6 is 24.0 Å². The minimum Gasteiger partial charge on any atom is -0.401 e. The normalized spacial score (nSPS) is 16.1. The van der Waals surface area contributed by atoms with Crippen LogP contribution in [0.15, 0.2) is 27.7 Å². The fraction of sp³-hybridized carbons (Fsp3) is 0.100. The van der Waals surface area contributed by atoms with Crippen LogP contribution in [0.1, 0.15) is 5.76 Å². The highest BCUT2D eigenvalue weighted by molar-refractivity contribution is 8.23. The van der Waals surface area contributed by atoms with Gasteiger partial charge in [-0.25, -0.2) is 0 Å². The Kier molecular flexibility index (Phi) is 4.07. The second-order valence-electron chi connectivity index (χ2n) is 3.32. The topological polar surface area (TPSA) is 89.0 Å². The minimum atomic E-state index is -0.621. The van der Waals surface area contributed by atoms with E-state index in [0.29, 0.717) is 15.8 Å². The van der Waals surface area contributed by atoms with Crippen molar-refractivity contribution in [2.75, 3.05) is 5.75 Å². The molecule has 2 rings (SSSR count). The Balaban J connectivity index is 1.97. The van der Waals surface area contributed by atoms with E-state index in [-0.39, 0.29) is 11.8 Å². The first kappa shape index (κ1) is 13.4. The molecule has 1 aliphatic rings. The number of thioether (sulfide) groups is 1. The van der Waals surface area contributed by atoms with Crippen molar-refractivity contribution in [2.24, 2.45) is 5.10 Å². The van der Waals surface area contributed by atoms with Crippen LogP contribution in [-0.2, 0) is 4.79 Å². The zero-order chi connectivity index (χ0) is 13.8. The predicted molar refractivity (Wildman–Crippen MR) is 74.8 cm³/mol. The maximum atomic E-state index is 11.3. The Hall–Kier alpha value is -2.00. The molecule has 1 aromatic heterocycles. The Morgan fingerprint density at radius 3 is 2.95 bits per heavy atom. The number of nitrogens with zero attached hydrogens (tertiary/aromatic N) is 3. The number of hydrogen-bond acceptors (Lipinski definition) is 7. The van der Waals surface area contributed by atoms with Crippen LogP contribution in [0.4, 0.5) is 5.88 Å². The summed E-state index contributed by atoms with van der Waals surface area (Å²) in [6.07, 6.45) is 4.36. The van der Waals surface area contributed by atoms with Crippen molar-refractivity contribution >= 4 is 52.4 Å². The van der Waals surface area contributed by atoms with Crippen molar-refractivity contribution in [1.29, 1.82) is 0 Å². The molecular formula is C10H7N3O4S2. The molecule has 9 heteroatoms. The molecular weight excluding hydrogens is 290 g/mol. The van der Waals surface area contributed by atoms with E-state index >= 15 is 0 Å². The van der Waals surface area contributed by atoms with E-state index < -0.39 is 4.92 Å². The van der Waals surface area contributed by atoms with Gasteiger partial charge in [0.15, 0.2) is 4.32 Å². The van der Waals surface area contributed by atoms with E-state index in [4.69, 9.17) is 16.6 Å². The summed E-state index contributed by atoms with van der Waals surface area (Å²) >= 11 is 6.18. The number of furan rings is 1. The molecule has 1 fully saturated rings. The second-order valence-corrected chi connectivity index (χ2v) is 4.93. The molecule has 0 saturated carbocycles. The van der Waals surface area contributed by atoms with Gasteiger partial charge < -0.3 is 4.42 Å². The molecule has 0 bridgehead atoms. The van der Waals surface area contributed by atoms with Gasteiger partial charge in [-0.05, 0) is 18.2 Å². The van der Waals surface area contributed by atoms with Gasteiger partial charge in [-0.2, -0.15) is 10.1 Å². The van der Waals surface area contributed by atoms with Crippen molar-refractivity contribution < 1.29 is 14.1 Å². The lowest BCUT2D eigenvalue weighted by Gasteiger charge is -2.04. The molecule has 1 aliphatic heterocycles. The summed E-state index contributed by atoms with van der Waals surface area (Å²) in [5.74, 6) is 0.115. The van der Waals surface area contributed by atoms with Crippen molar-refractivity contribution in [2.45, 2.75) is 0 Å². The summed E-state index contributed by atoms with van der Waals surface area (Å²) < 4.78 is 5.31. The third-order valence-electron chi connectivity index (χ3n) is 2.05. The lowest BCUT2D eigenvalue weighted by Crippen LogP contribution is -2.22. The molecule has 1 saturated heterocycles. The lowest BCUT2D eigenvalue weighted by atomic mass is 10.4. The van der Waals surface area contributed by atoms with Gasteiger partial charge in [0.2, 0.25) is 0 Å². The van der Waals surface area contributed by atoms with Crippen LogP contribution in [0.25, 0.3) is 6.08 Å². The largest absolute Gasteiger partial charge is 0.433 e. The molecule has 1 aromatic rings. The highest BCUT2D eigenvalue weighted by atomic mass is 32.2. The van der Waals surface area contributed by atoms with E-state index in [0.717, 1.165) is 5.01 Å². The summed E-state index contributed by atoms with van der Waals surface area (Å²) in [5, 5.41) is 15.4. The Bertz CT molecular complexity index is 577. The van der Waals surface area contributed by atoms with Crippen LogP contribution in [0.3, 0.4) is 0 Å². The second kappa shape index (κ2) is 5.76. The average molecular weight is 297 g/mol. The maximum Gasteiger partial charge on any atom is 0.433 e. The number of amides is 1. The molecule has 0 radical (unpaired) electrons. The predicted octanol–water partition coefficient (Wildman–Crippen LogP) is 2.05. The number of hydrogen-bond donors (Lipinski definition) is 0. The molecule has 2 heterocycles. The van der Waals surface area contributed by atoms with Gasteiger partial charge in [0.25, 0.3) is 5.91 Å². The zero-order valence-electron chi connectivity index (χ0n) is 9.38. The summed E-state index contributed by atoms with van der Waals surface area (Å²) in [6.45, 7) is 0. The van der Waals surface area contributed by atoms with Gasteiger partial charge in [-0.1, -0.05) is 24.0 Å². The Morgan fingerprint density at radius 1 is 1.58 bits per heavy atom. The molecule has 0 spiro atoms. The summed E-state index contributed by atoms with van der Waals surface area (Å²) in [4.78, 5) is 21.1. The SMILES string of the molecule is O=C1CSC(=S)N1/N=C/C=C/c1ccc([N+](=O)[O-])o1. The van der Waals surface area contributed by atoms with Crippen LogP contribution in [0.2, 0.25) is 0 Å². The zero-order valence-corrected chi connectivity index (χ0v) is 11.0. The quantitative estimate of drug-likeness (QED) is 0.366. The first-order valence-corrected chi connectivity index (χ1v) is 6.42. The monoisotopic (exact) mass is 297 g/mol. The third-order valence-corrected chi connectivity index (χ3v) is 3.39. The molecule has 0 atom stereocenters. The highest BCUT2D eigenvalue weighted by Crippen LogP contribution is 2.19. The van der Waals surface area contributed by atoms with Gasteiger partial charge in [0, 0.05) is 6.21 Å². The fourth-order valence-electron chi connectivity index (χ4n) is 1.23. The summed E-state index contributed by atoms with van der Waals surface area (Å²) in [6, 6.07) is 2.72. The minimum absolute atomic E-state index is 0.173. The van der Waals surface area contributed by atoms with Crippen LogP contribution < -0.4 is 0 Å². The van der Waals surface area contributed by atoms with E-state index in [9.17, 15) is 14.9 Å². The average Bonchev–Trinajstić information content (AvgIpc) is 2.95. The van der Waals surface area contributed by atoms with Crippen molar-refractivity contribution in [3.05, 3.63) is 34.1 Å². The number of allylic oxidation sites excluding steroid dienone is 1. The summed E-state index contributed by atoms with van der Waals surface area (Å²) in [5.41, 5.74) is 0. The number of hydrazone groups is 1. The number of rotatable bonds is 4. The van der Waals surface area contributed by atoms with Gasteiger partial charge in [0.1, 0.15) is 10.7 Å². The molecule has 0 aromatic carbocycles. The first-order chi connectivity index (χ1) is 9.08. The van der Waals surface area contributed by atoms with Crippen LogP contribution in [0, 0.1) is 10.1 Å².